The summed E-state index contributed by atoms with van der Waals surface area (Å²) in [6.45, 7) is 0. The van der Waals surface area contributed by atoms with E-state index in [1.54, 1.807) is 12.2 Å². The summed E-state index contributed by atoms with van der Waals surface area (Å²) in [5, 5.41) is -0.0184. The van der Waals surface area contributed by atoms with Crippen molar-refractivity contribution < 1.29 is 23.9 Å². The number of carbonyl (C=O) groups is 3. The smallest absolute Gasteiger partial charge is 0.320 e. The maximum absolute atomic E-state index is 11.8. The van der Waals surface area contributed by atoms with E-state index < -0.39 is 17.9 Å². The van der Waals surface area contributed by atoms with Gasteiger partial charge in [-0.2, -0.15) is 0 Å². The Morgan fingerprint density at radius 3 is 2.18 bits per heavy atom. The number of ether oxygens (including phenoxy) is 2. The Kier molecular flexibility index (Phi) is 7.99. The van der Waals surface area contributed by atoms with E-state index in [0.717, 1.165) is 16.7 Å². The Morgan fingerprint density at radius 2 is 1.64 bits per heavy atom. The fourth-order valence-electron chi connectivity index (χ4n) is 1.65. The zero-order chi connectivity index (χ0) is 16.4. The highest BCUT2D eigenvalue weighted by Crippen LogP contribution is 2.19. The molecule has 5 nitrogen and oxygen atoms in total. The van der Waals surface area contributed by atoms with Gasteiger partial charge in [-0.15, -0.1) is 0 Å². The molecule has 118 valence electrons. The standard InChI is InChI=1S/C16H18O5S/c1-20-15(18)13(16(19)21-2)10-6-7-11-14(17)22-12-8-4-3-5-9-12/h3-9,13H,10-11H2,1-2H3/b7-6+. The van der Waals surface area contributed by atoms with E-state index in [9.17, 15) is 14.4 Å². The molecule has 0 unspecified atom stereocenters. The lowest BCUT2D eigenvalue weighted by molar-refractivity contribution is -0.158. The molecule has 0 atom stereocenters. The van der Waals surface area contributed by atoms with Gasteiger partial charge >= 0.3 is 11.9 Å². The van der Waals surface area contributed by atoms with Gasteiger partial charge in [-0.1, -0.05) is 42.1 Å². The Balaban J connectivity index is 2.45. The number of hydrogen-bond acceptors (Lipinski definition) is 6. The van der Waals surface area contributed by atoms with Crippen molar-refractivity contribution >= 4 is 28.8 Å². The van der Waals surface area contributed by atoms with Crippen molar-refractivity contribution in [1.29, 1.82) is 0 Å². The maximum atomic E-state index is 11.8. The number of hydrogen-bond donors (Lipinski definition) is 0. The summed E-state index contributed by atoms with van der Waals surface area (Å²) in [6, 6.07) is 9.33. The van der Waals surface area contributed by atoms with E-state index in [-0.39, 0.29) is 18.0 Å². The Labute approximate surface area is 133 Å². The molecule has 0 N–H and O–H groups in total. The van der Waals surface area contributed by atoms with Gasteiger partial charge in [0.05, 0.1) is 14.2 Å². The Morgan fingerprint density at radius 1 is 1.05 bits per heavy atom. The molecule has 22 heavy (non-hydrogen) atoms. The third kappa shape index (κ3) is 6.13. The molecule has 6 heteroatoms. The molecule has 0 saturated carbocycles. The van der Waals surface area contributed by atoms with Gasteiger partial charge in [-0.25, -0.2) is 0 Å². The number of carbonyl (C=O) groups excluding carboxylic acids is 3. The molecule has 1 rings (SSSR count). The number of allylic oxidation sites excluding steroid dienone is 2. The van der Waals surface area contributed by atoms with Crippen molar-refractivity contribution in [2.24, 2.45) is 5.92 Å². The molecule has 0 amide bonds. The number of thioether (sulfide) groups is 1. The van der Waals surface area contributed by atoms with Crippen LogP contribution in [0, 0.1) is 5.92 Å². The van der Waals surface area contributed by atoms with Gasteiger partial charge in [-0.3, -0.25) is 14.4 Å². The summed E-state index contributed by atoms with van der Waals surface area (Å²) >= 11 is 1.15. The maximum Gasteiger partial charge on any atom is 0.320 e. The first kappa shape index (κ1) is 18.0. The predicted octanol–water partition coefficient (Wildman–Crippen LogP) is 2.60. The predicted molar refractivity (Wildman–Crippen MR) is 83.2 cm³/mol. The van der Waals surface area contributed by atoms with E-state index in [0.29, 0.717) is 0 Å². The second kappa shape index (κ2) is 9.78. The van der Waals surface area contributed by atoms with Gasteiger partial charge in [0, 0.05) is 11.3 Å². The van der Waals surface area contributed by atoms with Crippen LogP contribution in [0.1, 0.15) is 12.8 Å². The SMILES string of the molecule is COC(=O)C(C/C=C/CC(=O)Sc1ccccc1)C(=O)OC. The van der Waals surface area contributed by atoms with Crippen molar-refractivity contribution in [2.75, 3.05) is 14.2 Å². The molecular weight excluding hydrogens is 304 g/mol. The first-order chi connectivity index (χ1) is 10.6. The minimum absolute atomic E-state index is 0.0184. The lowest BCUT2D eigenvalue weighted by Crippen LogP contribution is -2.25. The second-order valence-corrected chi connectivity index (χ2v) is 5.43. The average molecular weight is 322 g/mol. The van der Waals surface area contributed by atoms with E-state index in [4.69, 9.17) is 0 Å². The molecule has 0 heterocycles. The summed E-state index contributed by atoms with van der Waals surface area (Å²) in [5.74, 6) is -2.30. The number of rotatable bonds is 7. The Hall–Kier alpha value is -2.08. The highest BCUT2D eigenvalue weighted by Gasteiger charge is 2.27. The number of benzene rings is 1. The van der Waals surface area contributed by atoms with E-state index >= 15 is 0 Å². The van der Waals surface area contributed by atoms with E-state index in [1.165, 1.54) is 14.2 Å². The van der Waals surface area contributed by atoms with Gasteiger partial charge in [0.25, 0.3) is 0 Å². The van der Waals surface area contributed by atoms with Crippen LogP contribution in [-0.4, -0.2) is 31.3 Å². The second-order valence-electron chi connectivity index (χ2n) is 4.30. The molecule has 0 fully saturated rings. The quantitative estimate of drug-likeness (QED) is 0.333. The largest absolute Gasteiger partial charge is 0.468 e. The summed E-state index contributed by atoms with van der Waals surface area (Å²) in [7, 11) is 2.42. The third-order valence-corrected chi connectivity index (χ3v) is 3.67. The van der Waals surface area contributed by atoms with Crippen LogP contribution in [0.25, 0.3) is 0 Å². The van der Waals surface area contributed by atoms with Gasteiger partial charge < -0.3 is 9.47 Å². The van der Waals surface area contributed by atoms with Crippen LogP contribution in [-0.2, 0) is 23.9 Å². The first-order valence-corrected chi connectivity index (χ1v) is 7.46. The van der Waals surface area contributed by atoms with Gasteiger partial charge in [-0.05, 0) is 18.6 Å². The third-order valence-electron chi connectivity index (χ3n) is 2.77. The van der Waals surface area contributed by atoms with Crippen molar-refractivity contribution in [3.8, 4) is 0 Å². The highest BCUT2D eigenvalue weighted by molar-refractivity contribution is 8.13. The molecule has 0 radical (unpaired) electrons. The van der Waals surface area contributed by atoms with Crippen LogP contribution in [0.5, 0.6) is 0 Å². The molecule has 0 aliphatic heterocycles. The molecule has 0 aromatic heterocycles. The highest BCUT2D eigenvalue weighted by atomic mass is 32.2. The van der Waals surface area contributed by atoms with Gasteiger partial charge in [0.2, 0.25) is 0 Å². The van der Waals surface area contributed by atoms with E-state index in [1.807, 2.05) is 30.3 Å². The normalized spacial score (nSPS) is 10.7. The van der Waals surface area contributed by atoms with Gasteiger partial charge in [0.1, 0.15) is 0 Å². The van der Waals surface area contributed by atoms with Crippen LogP contribution >= 0.6 is 11.8 Å². The summed E-state index contributed by atoms with van der Waals surface area (Å²) in [5.41, 5.74) is 0. The van der Waals surface area contributed by atoms with Crippen molar-refractivity contribution in [3.63, 3.8) is 0 Å². The Bertz CT molecular complexity index is 523. The van der Waals surface area contributed by atoms with Crippen LogP contribution in [0.3, 0.4) is 0 Å². The lowest BCUT2D eigenvalue weighted by Gasteiger charge is -2.09. The molecule has 1 aromatic carbocycles. The first-order valence-electron chi connectivity index (χ1n) is 6.65. The van der Waals surface area contributed by atoms with Crippen molar-refractivity contribution in [1.82, 2.24) is 0 Å². The summed E-state index contributed by atoms with van der Waals surface area (Å²) in [6.07, 6.45) is 3.61. The van der Waals surface area contributed by atoms with E-state index in [2.05, 4.69) is 9.47 Å². The monoisotopic (exact) mass is 322 g/mol. The molecular formula is C16H18O5S. The van der Waals surface area contributed by atoms with Crippen LogP contribution < -0.4 is 0 Å². The molecule has 0 spiro atoms. The molecule has 0 saturated heterocycles. The van der Waals surface area contributed by atoms with Crippen LogP contribution in [0.2, 0.25) is 0 Å². The van der Waals surface area contributed by atoms with Crippen LogP contribution in [0.4, 0.5) is 0 Å². The summed E-state index contributed by atoms with van der Waals surface area (Å²) in [4.78, 5) is 35.6. The summed E-state index contributed by atoms with van der Waals surface area (Å²) < 4.78 is 9.10. The zero-order valence-corrected chi connectivity index (χ0v) is 13.3. The lowest BCUT2D eigenvalue weighted by atomic mass is 10.1. The fourth-order valence-corrected chi connectivity index (χ4v) is 2.38. The molecule has 0 aliphatic carbocycles. The zero-order valence-electron chi connectivity index (χ0n) is 12.5. The van der Waals surface area contributed by atoms with Crippen LogP contribution in [0.15, 0.2) is 47.4 Å². The minimum atomic E-state index is -0.997. The fraction of sp³-hybridized carbons (Fsp3) is 0.312. The van der Waals surface area contributed by atoms with Gasteiger partial charge in [0.15, 0.2) is 11.0 Å². The number of esters is 2. The van der Waals surface area contributed by atoms with Crippen molar-refractivity contribution in [3.05, 3.63) is 42.5 Å². The topological polar surface area (TPSA) is 69.7 Å². The number of methoxy groups -OCH3 is 2. The minimum Gasteiger partial charge on any atom is -0.468 e. The average Bonchev–Trinajstić information content (AvgIpc) is 2.54. The van der Waals surface area contributed by atoms with Crippen molar-refractivity contribution in [2.45, 2.75) is 17.7 Å². The molecule has 0 aliphatic rings. The molecule has 1 aromatic rings. The molecule has 0 bridgehead atoms.